The monoisotopic (exact) mass is 328 g/mol. The van der Waals surface area contributed by atoms with Crippen molar-refractivity contribution in [3.8, 4) is 0 Å². The number of esters is 1. The largest absolute Gasteiger partial charge is 0.449 e. The van der Waals surface area contributed by atoms with Gasteiger partial charge in [0.2, 0.25) is 10.0 Å². The Labute approximate surface area is 130 Å². The smallest absolute Gasteiger partial charge is 0.338 e. The van der Waals surface area contributed by atoms with E-state index in [-0.39, 0.29) is 17.3 Å². The number of hydrogen-bond donors (Lipinski definition) is 2. The van der Waals surface area contributed by atoms with Gasteiger partial charge in [-0.05, 0) is 39.0 Å². The lowest BCUT2D eigenvalue weighted by molar-refractivity contribution is -0.129. The third-order valence-corrected chi connectivity index (χ3v) is 3.09. The molecule has 22 heavy (non-hydrogen) atoms. The van der Waals surface area contributed by atoms with Crippen molar-refractivity contribution in [3.05, 3.63) is 29.8 Å². The summed E-state index contributed by atoms with van der Waals surface area (Å²) in [6.07, 6.45) is 0.0671. The molecule has 0 saturated heterocycles. The highest BCUT2D eigenvalue weighted by molar-refractivity contribution is 7.92. The van der Waals surface area contributed by atoms with Gasteiger partial charge in [0.1, 0.15) is 0 Å². The van der Waals surface area contributed by atoms with Crippen LogP contribution in [0.3, 0.4) is 0 Å². The molecule has 0 aliphatic rings. The molecule has 0 aliphatic heterocycles. The summed E-state index contributed by atoms with van der Waals surface area (Å²) >= 11 is 0. The van der Waals surface area contributed by atoms with Crippen LogP contribution in [0.5, 0.6) is 0 Å². The van der Waals surface area contributed by atoms with Crippen LogP contribution in [0.4, 0.5) is 5.69 Å². The first-order valence-corrected chi connectivity index (χ1v) is 8.57. The molecule has 0 saturated carbocycles. The highest BCUT2D eigenvalue weighted by atomic mass is 32.2. The number of carbonyl (C=O) groups is 2. The van der Waals surface area contributed by atoms with E-state index in [4.69, 9.17) is 4.74 Å². The van der Waals surface area contributed by atoms with Gasteiger partial charge in [0.05, 0.1) is 11.8 Å². The standard InChI is InChI=1S/C14H20N2O5S/c1-9(2)15-13(17)10(3)21-14(18)11-6-5-7-12(8-11)16-22(4,19)20/h5-10,16H,1-4H3,(H,15,17). The molecule has 1 amide bonds. The van der Waals surface area contributed by atoms with Crippen molar-refractivity contribution >= 4 is 27.6 Å². The van der Waals surface area contributed by atoms with Crippen LogP contribution in [0.15, 0.2) is 24.3 Å². The molecule has 8 heteroatoms. The summed E-state index contributed by atoms with van der Waals surface area (Å²) < 4.78 is 29.7. The normalized spacial score (nSPS) is 12.6. The molecule has 1 aromatic carbocycles. The molecule has 2 N–H and O–H groups in total. The zero-order valence-electron chi connectivity index (χ0n) is 12.9. The van der Waals surface area contributed by atoms with Gasteiger partial charge >= 0.3 is 5.97 Å². The van der Waals surface area contributed by atoms with Crippen molar-refractivity contribution < 1.29 is 22.7 Å². The highest BCUT2D eigenvalue weighted by Gasteiger charge is 2.19. The lowest BCUT2D eigenvalue weighted by atomic mass is 10.2. The molecule has 122 valence electrons. The molecule has 0 bridgehead atoms. The Hall–Kier alpha value is -2.09. The van der Waals surface area contributed by atoms with Gasteiger partial charge in [-0.1, -0.05) is 6.07 Å². The van der Waals surface area contributed by atoms with E-state index >= 15 is 0 Å². The van der Waals surface area contributed by atoms with Crippen LogP contribution in [-0.2, 0) is 19.6 Å². The van der Waals surface area contributed by atoms with Crippen LogP contribution < -0.4 is 10.0 Å². The molecule has 0 aliphatic carbocycles. The van der Waals surface area contributed by atoms with Crippen molar-refractivity contribution in [1.29, 1.82) is 0 Å². The van der Waals surface area contributed by atoms with Gasteiger partial charge in [-0.15, -0.1) is 0 Å². The first-order valence-electron chi connectivity index (χ1n) is 6.67. The van der Waals surface area contributed by atoms with Gasteiger partial charge in [-0.2, -0.15) is 0 Å². The van der Waals surface area contributed by atoms with E-state index in [9.17, 15) is 18.0 Å². The number of sulfonamides is 1. The molecule has 0 fully saturated rings. The van der Waals surface area contributed by atoms with Crippen LogP contribution >= 0.6 is 0 Å². The first-order chi connectivity index (χ1) is 10.1. The number of ether oxygens (including phenoxy) is 1. The van der Waals surface area contributed by atoms with E-state index in [1.54, 1.807) is 13.8 Å². The second-order valence-corrected chi connectivity index (χ2v) is 6.91. The first kappa shape index (κ1) is 18.0. The lowest BCUT2D eigenvalue weighted by Gasteiger charge is -2.15. The highest BCUT2D eigenvalue weighted by Crippen LogP contribution is 2.13. The van der Waals surface area contributed by atoms with E-state index in [0.29, 0.717) is 0 Å². The Morgan fingerprint density at radius 1 is 1.18 bits per heavy atom. The zero-order valence-corrected chi connectivity index (χ0v) is 13.7. The van der Waals surface area contributed by atoms with Crippen LogP contribution in [0.25, 0.3) is 0 Å². The third-order valence-electron chi connectivity index (χ3n) is 2.49. The molecular formula is C14H20N2O5S. The van der Waals surface area contributed by atoms with Crippen molar-refractivity contribution in [2.75, 3.05) is 11.0 Å². The minimum absolute atomic E-state index is 0.0593. The molecule has 0 aromatic heterocycles. The summed E-state index contributed by atoms with van der Waals surface area (Å²) in [6, 6.07) is 5.78. The van der Waals surface area contributed by atoms with Gasteiger partial charge in [-0.25, -0.2) is 13.2 Å². The van der Waals surface area contributed by atoms with Gasteiger partial charge < -0.3 is 10.1 Å². The number of anilines is 1. The molecule has 1 aromatic rings. The fourth-order valence-electron chi connectivity index (χ4n) is 1.61. The Morgan fingerprint density at radius 3 is 2.36 bits per heavy atom. The summed E-state index contributed by atoms with van der Waals surface area (Å²) in [4.78, 5) is 23.7. The number of benzene rings is 1. The fraction of sp³-hybridized carbons (Fsp3) is 0.429. The Balaban J connectivity index is 2.77. The van der Waals surface area contributed by atoms with Crippen LogP contribution in [-0.4, -0.2) is 38.7 Å². The molecule has 1 rings (SSSR count). The fourth-order valence-corrected chi connectivity index (χ4v) is 2.16. The summed E-state index contributed by atoms with van der Waals surface area (Å²) in [5, 5.41) is 2.63. The minimum Gasteiger partial charge on any atom is -0.449 e. The van der Waals surface area contributed by atoms with Crippen LogP contribution in [0.2, 0.25) is 0 Å². The van der Waals surface area contributed by atoms with Crippen molar-refractivity contribution in [2.24, 2.45) is 0 Å². The maximum atomic E-state index is 12.0. The van der Waals surface area contributed by atoms with E-state index in [1.165, 1.54) is 31.2 Å². The van der Waals surface area contributed by atoms with Gasteiger partial charge in [0, 0.05) is 11.7 Å². The molecular weight excluding hydrogens is 308 g/mol. The Morgan fingerprint density at radius 2 is 1.82 bits per heavy atom. The van der Waals surface area contributed by atoms with Gasteiger partial charge in [-0.3, -0.25) is 9.52 Å². The summed E-state index contributed by atoms with van der Waals surface area (Å²) in [6.45, 7) is 5.06. The van der Waals surface area contributed by atoms with Crippen LogP contribution in [0, 0.1) is 0 Å². The van der Waals surface area contributed by atoms with E-state index in [1.807, 2.05) is 0 Å². The second-order valence-electron chi connectivity index (χ2n) is 5.17. The molecule has 0 heterocycles. The number of nitrogens with one attached hydrogen (secondary N) is 2. The predicted octanol–water partition coefficient (Wildman–Crippen LogP) is 1.13. The third kappa shape index (κ3) is 6.13. The average molecular weight is 328 g/mol. The van der Waals surface area contributed by atoms with E-state index in [2.05, 4.69) is 10.0 Å². The lowest BCUT2D eigenvalue weighted by Crippen LogP contribution is -2.39. The quantitative estimate of drug-likeness (QED) is 0.762. The SMILES string of the molecule is CC(C)NC(=O)C(C)OC(=O)c1cccc(NS(C)(=O)=O)c1. The number of carbonyl (C=O) groups excluding carboxylic acids is 2. The average Bonchev–Trinajstić information content (AvgIpc) is 2.36. The van der Waals surface area contributed by atoms with Gasteiger partial charge in [0.25, 0.3) is 5.91 Å². The molecule has 7 nitrogen and oxygen atoms in total. The molecule has 0 radical (unpaired) electrons. The molecule has 1 unspecified atom stereocenters. The predicted molar refractivity (Wildman–Crippen MR) is 83.1 cm³/mol. The van der Waals surface area contributed by atoms with Crippen molar-refractivity contribution in [2.45, 2.75) is 32.9 Å². The van der Waals surface area contributed by atoms with E-state index in [0.717, 1.165) is 6.26 Å². The Bertz CT molecular complexity index is 655. The van der Waals surface area contributed by atoms with Crippen LogP contribution in [0.1, 0.15) is 31.1 Å². The summed E-state index contributed by atoms with van der Waals surface area (Å²) in [7, 11) is -3.44. The maximum Gasteiger partial charge on any atom is 0.338 e. The van der Waals surface area contributed by atoms with Crippen molar-refractivity contribution in [1.82, 2.24) is 5.32 Å². The second kappa shape index (κ2) is 7.26. The number of hydrogen-bond acceptors (Lipinski definition) is 5. The molecule has 1 atom stereocenters. The topological polar surface area (TPSA) is 102 Å². The number of amides is 1. The van der Waals surface area contributed by atoms with E-state index < -0.39 is 28.0 Å². The summed E-state index contributed by atoms with van der Waals surface area (Å²) in [5.41, 5.74) is 0.397. The minimum atomic E-state index is -3.44. The zero-order chi connectivity index (χ0) is 16.9. The maximum absolute atomic E-state index is 12.0. The molecule has 0 spiro atoms. The van der Waals surface area contributed by atoms with Crippen molar-refractivity contribution in [3.63, 3.8) is 0 Å². The number of rotatable bonds is 6. The summed E-state index contributed by atoms with van der Waals surface area (Å²) in [5.74, 6) is -1.10. The Kier molecular flexibility index (Phi) is 5.92. The van der Waals surface area contributed by atoms with Gasteiger partial charge in [0.15, 0.2) is 6.10 Å².